The number of carboxylic acids is 1. The van der Waals surface area contributed by atoms with Crippen LogP contribution >= 0.6 is 11.6 Å². The molecule has 3 rings (SSSR count). The highest BCUT2D eigenvalue weighted by atomic mass is 35.5. The van der Waals surface area contributed by atoms with E-state index >= 15 is 0 Å². The first kappa shape index (κ1) is 20.4. The number of nitrogens with one attached hydrogen (secondary N) is 1. The summed E-state index contributed by atoms with van der Waals surface area (Å²) in [5.41, 5.74) is 3.09. The van der Waals surface area contributed by atoms with Crippen LogP contribution in [0.5, 0.6) is 5.75 Å². The quantitative estimate of drug-likeness (QED) is 0.604. The molecule has 5 nitrogen and oxygen atoms in total. The van der Waals surface area contributed by atoms with Crippen molar-refractivity contribution in [1.82, 2.24) is 5.32 Å². The molecule has 0 radical (unpaired) electrons. The smallest absolute Gasteiger partial charge is 0.326 e. The van der Waals surface area contributed by atoms with Crippen molar-refractivity contribution in [1.29, 1.82) is 0 Å². The Morgan fingerprint density at radius 3 is 2.24 bits per heavy atom. The second kappa shape index (κ2) is 9.26. The highest BCUT2D eigenvalue weighted by molar-refractivity contribution is 6.32. The van der Waals surface area contributed by atoms with Gasteiger partial charge in [-0.25, -0.2) is 4.79 Å². The molecule has 6 heteroatoms. The predicted octanol–water partition coefficient (Wildman–Crippen LogP) is 4.44. The molecule has 1 atom stereocenters. The van der Waals surface area contributed by atoms with Crippen LogP contribution in [0.1, 0.15) is 15.9 Å². The normalized spacial score (nSPS) is 11.5. The molecule has 0 spiro atoms. The van der Waals surface area contributed by atoms with Crippen LogP contribution in [0.2, 0.25) is 5.02 Å². The first-order chi connectivity index (χ1) is 14.0. The number of carboxylic acid groups (broad SMARTS) is 1. The molecule has 148 valence electrons. The third-order valence-corrected chi connectivity index (χ3v) is 4.81. The van der Waals surface area contributed by atoms with Crippen LogP contribution in [0, 0.1) is 0 Å². The second-order valence-corrected chi connectivity index (χ2v) is 6.89. The van der Waals surface area contributed by atoms with Gasteiger partial charge in [0.15, 0.2) is 0 Å². The molecule has 0 aromatic heterocycles. The topological polar surface area (TPSA) is 75.6 Å². The van der Waals surface area contributed by atoms with Gasteiger partial charge in [0.1, 0.15) is 11.8 Å². The lowest BCUT2D eigenvalue weighted by Gasteiger charge is -2.15. The fourth-order valence-corrected chi connectivity index (χ4v) is 3.24. The Morgan fingerprint density at radius 2 is 1.66 bits per heavy atom. The lowest BCUT2D eigenvalue weighted by atomic mass is 10.0. The zero-order valence-electron chi connectivity index (χ0n) is 15.8. The van der Waals surface area contributed by atoms with Crippen molar-refractivity contribution in [3.05, 3.63) is 88.9 Å². The average Bonchev–Trinajstić information content (AvgIpc) is 2.74. The van der Waals surface area contributed by atoms with Crippen LogP contribution in [-0.4, -0.2) is 30.1 Å². The Balaban J connectivity index is 1.71. The van der Waals surface area contributed by atoms with Crippen molar-refractivity contribution in [2.45, 2.75) is 12.5 Å². The number of hydrogen-bond donors (Lipinski definition) is 2. The van der Waals surface area contributed by atoms with Gasteiger partial charge in [-0.2, -0.15) is 0 Å². The van der Waals surface area contributed by atoms with Crippen molar-refractivity contribution < 1.29 is 19.4 Å². The van der Waals surface area contributed by atoms with Gasteiger partial charge in [0.2, 0.25) is 0 Å². The molecular formula is C23H20ClNO4. The minimum atomic E-state index is -1.12. The summed E-state index contributed by atoms with van der Waals surface area (Å²) in [5.74, 6) is -1.06. The second-order valence-electron chi connectivity index (χ2n) is 6.48. The highest BCUT2D eigenvalue weighted by Gasteiger charge is 2.21. The van der Waals surface area contributed by atoms with Crippen LogP contribution in [0.4, 0.5) is 0 Å². The number of carbonyl (C=O) groups excluding carboxylic acids is 1. The third kappa shape index (κ3) is 5.15. The number of methoxy groups -OCH3 is 1. The average molecular weight is 410 g/mol. The molecule has 3 aromatic rings. The molecule has 0 saturated carbocycles. The summed E-state index contributed by atoms with van der Waals surface area (Å²) >= 11 is 6.10. The number of rotatable bonds is 7. The minimum absolute atomic E-state index is 0.104. The van der Waals surface area contributed by atoms with Crippen molar-refractivity contribution >= 4 is 23.5 Å². The lowest BCUT2D eigenvalue weighted by molar-refractivity contribution is -0.139. The van der Waals surface area contributed by atoms with Gasteiger partial charge in [0, 0.05) is 12.0 Å². The lowest BCUT2D eigenvalue weighted by Crippen LogP contribution is -2.42. The molecule has 0 aliphatic rings. The zero-order valence-corrected chi connectivity index (χ0v) is 16.5. The van der Waals surface area contributed by atoms with Gasteiger partial charge in [0.25, 0.3) is 5.91 Å². The van der Waals surface area contributed by atoms with Crippen LogP contribution in [0.25, 0.3) is 11.1 Å². The number of hydrogen-bond acceptors (Lipinski definition) is 3. The number of benzene rings is 3. The van der Waals surface area contributed by atoms with E-state index in [4.69, 9.17) is 16.3 Å². The molecule has 0 bridgehead atoms. The highest BCUT2D eigenvalue weighted by Crippen LogP contribution is 2.25. The first-order valence-electron chi connectivity index (χ1n) is 8.99. The number of ether oxygens (including phenoxy) is 1. The summed E-state index contributed by atoms with van der Waals surface area (Å²) in [6, 6.07) is 20.8. The summed E-state index contributed by atoms with van der Waals surface area (Å²) in [4.78, 5) is 24.2. The van der Waals surface area contributed by atoms with Crippen molar-refractivity contribution in [3.8, 4) is 16.9 Å². The van der Waals surface area contributed by atoms with Gasteiger partial charge >= 0.3 is 5.97 Å². The van der Waals surface area contributed by atoms with Gasteiger partial charge in [-0.15, -0.1) is 0 Å². The number of amides is 1. The largest absolute Gasteiger partial charge is 0.495 e. The fraction of sp³-hybridized carbons (Fsp3) is 0.130. The summed E-state index contributed by atoms with van der Waals surface area (Å²) in [6.07, 6.45) is 0.104. The number of halogens is 1. The van der Waals surface area contributed by atoms with Gasteiger partial charge in [-0.1, -0.05) is 60.1 Å². The Bertz CT molecular complexity index is 1000. The summed E-state index contributed by atoms with van der Waals surface area (Å²) in [6.45, 7) is 0. The molecule has 0 heterocycles. The minimum Gasteiger partial charge on any atom is -0.495 e. The van der Waals surface area contributed by atoms with E-state index < -0.39 is 17.9 Å². The number of carbonyl (C=O) groups is 2. The molecular weight excluding hydrogens is 390 g/mol. The van der Waals surface area contributed by atoms with Crippen LogP contribution in [-0.2, 0) is 11.2 Å². The van der Waals surface area contributed by atoms with Crippen LogP contribution in [0.15, 0.2) is 72.8 Å². The maximum Gasteiger partial charge on any atom is 0.326 e. The molecule has 0 saturated heterocycles. The summed E-state index contributed by atoms with van der Waals surface area (Å²) in [7, 11) is 1.50. The van der Waals surface area contributed by atoms with Gasteiger partial charge < -0.3 is 15.2 Å². The summed E-state index contributed by atoms with van der Waals surface area (Å²) in [5, 5.41) is 12.5. The van der Waals surface area contributed by atoms with E-state index in [2.05, 4.69) is 5.32 Å². The molecule has 1 amide bonds. The van der Waals surface area contributed by atoms with Gasteiger partial charge in [-0.3, -0.25) is 4.79 Å². The Hall–Kier alpha value is -3.31. The predicted molar refractivity (Wildman–Crippen MR) is 112 cm³/mol. The van der Waals surface area contributed by atoms with E-state index in [0.29, 0.717) is 21.9 Å². The van der Waals surface area contributed by atoms with Crippen molar-refractivity contribution in [2.75, 3.05) is 7.11 Å². The van der Waals surface area contributed by atoms with E-state index in [0.717, 1.165) is 11.1 Å². The Kier molecular flexibility index (Phi) is 6.52. The van der Waals surface area contributed by atoms with Crippen LogP contribution < -0.4 is 10.1 Å². The van der Waals surface area contributed by atoms with E-state index in [9.17, 15) is 14.7 Å². The maximum atomic E-state index is 12.5. The van der Waals surface area contributed by atoms with E-state index in [1.54, 1.807) is 30.3 Å². The summed E-state index contributed by atoms with van der Waals surface area (Å²) < 4.78 is 5.10. The molecule has 29 heavy (non-hydrogen) atoms. The fourth-order valence-electron chi connectivity index (χ4n) is 2.96. The van der Waals surface area contributed by atoms with E-state index in [1.165, 1.54) is 7.11 Å². The van der Waals surface area contributed by atoms with Crippen LogP contribution in [0.3, 0.4) is 0 Å². The SMILES string of the molecule is COc1ccc(C[C@@H](NC(=O)c2ccc(-c3ccccc3)cc2)C(=O)O)cc1Cl. The van der Waals surface area contributed by atoms with Gasteiger partial charge in [-0.05, 0) is 41.0 Å². The molecule has 0 aliphatic heterocycles. The molecule has 0 aliphatic carbocycles. The molecule has 3 aromatic carbocycles. The first-order valence-corrected chi connectivity index (χ1v) is 9.37. The molecule has 0 fully saturated rings. The molecule has 2 N–H and O–H groups in total. The third-order valence-electron chi connectivity index (χ3n) is 4.51. The van der Waals surface area contributed by atoms with Crippen molar-refractivity contribution in [2.24, 2.45) is 0 Å². The maximum absolute atomic E-state index is 12.5. The Morgan fingerprint density at radius 1 is 1.00 bits per heavy atom. The van der Waals surface area contributed by atoms with E-state index in [1.807, 2.05) is 42.5 Å². The zero-order chi connectivity index (χ0) is 20.8. The Labute approximate surface area is 173 Å². The van der Waals surface area contributed by atoms with E-state index in [-0.39, 0.29) is 6.42 Å². The molecule has 0 unspecified atom stereocenters. The van der Waals surface area contributed by atoms with Gasteiger partial charge in [0.05, 0.1) is 12.1 Å². The standard InChI is InChI=1S/C23H20ClNO4/c1-29-21-12-7-15(13-19(21)24)14-20(23(27)28)25-22(26)18-10-8-17(9-11-18)16-5-3-2-4-6-16/h2-13,20H,14H2,1H3,(H,25,26)(H,27,28)/t20-/m1/s1. The number of aliphatic carboxylic acids is 1. The van der Waals surface area contributed by atoms with Crippen molar-refractivity contribution in [3.63, 3.8) is 0 Å². The monoisotopic (exact) mass is 409 g/mol.